The van der Waals surface area contributed by atoms with Crippen molar-refractivity contribution >= 4 is 23.8 Å². The molecule has 2 aromatic carbocycles. The zero-order chi connectivity index (χ0) is 14.4. The van der Waals surface area contributed by atoms with Crippen LogP contribution in [-0.4, -0.2) is 12.2 Å². The van der Waals surface area contributed by atoms with Crippen molar-refractivity contribution in [3.05, 3.63) is 59.1 Å². The van der Waals surface area contributed by atoms with Crippen molar-refractivity contribution in [1.29, 1.82) is 0 Å². The summed E-state index contributed by atoms with van der Waals surface area (Å²) in [5, 5.41) is 4.20. The van der Waals surface area contributed by atoms with Crippen molar-refractivity contribution < 1.29 is 9.53 Å². The number of nitrogens with zero attached hydrogens (tertiary/aromatic N) is 1. The molecule has 0 aliphatic rings. The van der Waals surface area contributed by atoms with Crippen molar-refractivity contribution in [2.45, 2.75) is 0 Å². The standard InChI is InChI=1S/C14H12ClN3O2/c15-12-3-1-2-4-13(12)20-11-7-5-10(6-8-11)9-17-18-14(16)19/h1-9H,(H3,16,18,19). The lowest BCUT2D eigenvalue weighted by Crippen LogP contribution is -2.24. The smallest absolute Gasteiger partial charge is 0.332 e. The summed E-state index contributed by atoms with van der Waals surface area (Å²) in [5.74, 6) is 1.24. The second-order valence-electron chi connectivity index (χ2n) is 3.84. The van der Waals surface area contributed by atoms with E-state index in [-0.39, 0.29) is 0 Å². The van der Waals surface area contributed by atoms with E-state index in [1.54, 1.807) is 36.4 Å². The highest BCUT2D eigenvalue weighted by atomic mass is 35.5. The van der Waals surface area contributed by atoms with Gasteiger partial charge >= 0.3 is 6.03 Å². The van der Waals surface area contributed by atoms with Crippen molar-refractivity contribution in [1.82, 2.24) is 5.43 Å². The van der Waals surface area contributed by atoms with Gasteiger partial charge in [-0.2, -0.15) is 5.10 Å². The number of carbonyl (C=O) groups is 1. The third-order valence-electron chi connectivity index (χ3n) is 2.33. The molecule has 0 aliphatic heterocycles. The number of hydrazone groups is 1. The second kappa shape index (κ2) is 6.58. The maximum atomic E-state index is 10.4. The number of hydrogen-bond acceptors (Lipinski definition) is 3. The third kappa shape index (κ3) is 4.00. The minimum Gasteiger partial charge on any atom is -0.456 e. The van der Waals surface area contributed by atoms with Gasteiger partial charge in [0.05, 0.1) is 11.2 Å². The number of carbonyl (C=O) groups excluding carboxylic acids is 1. The van der Waals surface area contributed by atoms with Crippen molar-refractivity contribution in [3.8, 4) is 11.5 Å². The van der Waals surface area contributed by atoms with Gasteiger partial charge in [-0.05, 0) is 42.0 Å². The SMILES string of the molecule is NC(=O)NN=Cc1ccc(Oc2ccccc2Cl)cc1. The molecule has 0 heterocycles. The highest BCUT2D eigenvalue weighted by Gasteiger charge is 2.01. The van der Waals surface area contributed by atoms with Crippen LogP contribution in [0.15, 0.2) is 53.6 Å². The minimum atomic E-state index is -0.708. The van der Waals surface area contributed by atoms with Gasteiger partial charge in [0.15, 0.2) is 0 Å². The fourth-order valence-electron chi connectivity index (χ4n) is 1.45. The van der Waals surface area contributed by atoms with Crippen molar-refractivity contribution in [2.24, 2.45) is 10.8 Å². The Morgan fingerprint density at radius 3 is 2.55 bits per heavy atom. The van der Waals surface area contributed by atoms with Crippen LogP contribution < -0.4 is 15.9 Å². The molecule has 5 nitrogen and oxygen atoms in total. The number of rotatable bonds is 4. The molecular weight excluding hydrogens is 278 g/mol. The van der Waals surface area contributed by atoms with Crippen LogP contribution in [0, 0.1) is 0 Å². The topological polar surface area (TPSA) is 76.7 Å². The first-order chi connectivity index (χ1) is 9.65. The number of amides is 2. The lowest BCUT2D eigenvalue weighted by molar-refractivity contribution is 0.249. The Labute approximate surface area is 121 Å². The Morgan fingerprint density at radius 1 is 1.20 bits per heavy atom. The largest absolute Gasteiger partial charge is 0.456 e. The number of ether oxygens (including phenoxy) is 1. The molecule has 2 amide bonds. The monoisotopic (exact) mass is 289 g/mol. The van der Waals surface area contributed by atoms with Crippen LogP contribution in [0.25, 0.3) is 0 Å². The van der Waals surface area contributed by atoms with E-state index in [1.807, 2.05) is 12.1 Å². The van der Waals surface area contributed by atoms with Gasteiger partial charge in [0.1, 0.15) is 11.5 Å². The van der Waals surface area contributed by atoms with Gasteiger partial charge in [-0.15, -0.1) is 0 Å². The Balaban J connectivity index is 2.03. The summed E-state index contributed by atoms with van der Waals surface area (Å²) < 4.78 is 5.64. The predicted octanol–water partition coefficient (Wildman–Crippen LogP) is 3.13. The molecule has 0 aliphatic carbocycles. The molecule has 0 unspecified atom stereocenters. The van der Waals surface area contributed by atoms with Gasteiger partial charge in [-0.1, -0.05) is 23.7 Å². The number of hydrogen-bond donors (Lipinski definition) is 2. The highest BCUT2D eigenvalue weighted by Crippen LogP contribution is 2.28. The molecule has 0 fully saturated rings. The zero-order valence-electron chi connectivity index (χ0n) is 10.4. The molecule has 0 aromatic heterocycles. The molecular formula is C14H12ClN3O2. The highest BCUT2D eigenvalue weighted by molar-refractivity contribution is 6.32. The average Bonchev–Trinajstić information content (AvgIpc) is 2.43. The Morgan fingerprint density at radius 2 is 1.90 bits per heavy atom. The number of para-hydroxylation sites is 1. The van der Waals surface area contributed by atoms with Crippen LogP contribution in [0.2, 0.25) is 5.02 Å². The molecule has 0 saturated carbocycles. The van der Waals surface area contributed by atoms with Gasteiger partial charge < -0.3 is 10.5 Å². The molecule has 0 radical (unpaired) electrons. The van der Waals surface area contributed by atoms with Crippen molar-refractivity contribution in [3.63, 3.8) is 0 Å². The minimum absolute atomic E-state index is 0.545. The van der Waals surface area contributed by atoms with Crippen LogP contribution in [0.4, 0.5) is 4.79 Å². The van der Waals surface area contributed by atoms with Crippen molar-refractivity contribution in [2.75, 3.05) is 0 Å². The third-order valence-corrected chi connectivity index (χ3v) is 2.65. The average molecular weight is 290 g/mol. The fourth-order valence-corrected chi connectivity index (χ4v) is 1.62. The van der Waals surface area contributed by atoms with Gasteiger partial charge in [-0.3, -0.25) is 0 Å². The van der Waals surface area contributed by atoms with E-state index in [9.17, 15) is 4.79 Å². The first kappa shape index (κ1) is 13.9. The Bertz CT molecular complexity index is 627. The molecule has 0 saturated heterocycles. The van der Waals surface area contributed by atoms with Gasteiger partial charge in [-0.25, -0.2) is 10.2 Å². The quantitative estimate of drug-likeness (QED) is 0.670. The number of nitrogens with one attached hydrogen (secondary N) is 1. The zero-order valence-corrected chi connectivity index (χ0v) is 11.2. The van der Waals surface area contributed by atoms with Gasteiger partial charge in [0, 0.05) is 0 Å². The second-order valence-corrected chi connectivity index (χ2v) is 4.24. The van der Waals surface area contributed by atoms with Crippen LogP contribution in [-0.2, 0) is 0 Å². The van der Waals surface area contributed by atoms with Crippen LogP contribution >= 0.6 is 11.6 Å². The summed E-state index contributed by atoms with van der Waals surface area (Å²) >= 11 is 6.01. The van der Waals surface area contributed by atoms with Gasteiger partial charge in [0.2, 0.25) is 0 Å². The maximum Gasteiger partial charge on any atom is 0.332 e. The maximum absolute atomic E-state index is 10.4. The van der Waals surface area contributed by atoms with E-state index < -0.39 is 6.03 Å². The molecule has 3 N–H and O–H groups in total. The summed E-state index contributed by atoms with van der Waals surface area (Å²) in [5.41, 5.74) is 7.80. The molecule has 0 bridgehead atoms. The van der Waals surface area contributed by atoms with E-state index >= 15 is 0 Å². The first-order valence-electron chi connectivity index (χ1n) is 5.76. The van der Waals surface area contributed by atoms with Crippen LogP contribution in [0.3, 0.4) is 0 Å². The van der Waals surface area contributed by atoms with E-state index in [4.69, 9.17) is 22.1 Å². The number of primary amides is 1. The van der Waals surface area contributed by atoms with E-state index in [0.717, 1.165) is 5.56 Å². The lowest BCUT2D eigenvalue weighted by atomic mass is 10.2. The molecule has 6 heteroatoms. The molecule has 0 atom stereocenters. The summed E-state index contributed by atoms with van der Waals surface area (Å²) in [6, 6.07) is 13.6. The molecule has 0 spiro atoms. The number of halogens is 1. The Hall–Kier alpha value is -2.53. The molecule has 20 heavy (non-hydrogen) atoms. The molecule has 2 rings (SSSR count). The van der Waals surface area contributed by atoms with Crippen LogP contribution in [0.5, 0.6) is 11.5 Å². The summed E-state index contributed by atoms with van der Waals surface area (Å²) in [7, 11) is 0. The fraction of sp³-hybridized carbons (Fsp3) is 0. The summed E-state index contributed by atoms with van der Waals surface area (Å²) in [6.45, 7) is 0. The first-order valence-corrected chi connectivity index (χ1v) is 6.14. The number of benzene rings is 2. The predicted molar refractivity (Wildman–Crippen MR) is 78.3 cm³/mol. The normalized spacial score (nSPS) is 10.4. The molecule has 102 valence electrons. The van der Waals surface area contributed by atoms with E-state index in [2.05, 4.69) is 10.5 Å². The summed E-state index contributed by atoms with van der Waals surface area (Å²) in [6.07, 6.45) is 1.48. The van der Waals surface area contributed by atoms with E-state index in [0.29, 0.717) is 16.5 Å². The molecule has 2 aromatic rings. The van der Waals surface area contributed by atoms with Crippen LogP contribution in [0.1, 0.15) is 5.56 Å². The number of nitrogens with two attached hydrogens (primary N) is 1. The number of urea groups is 1. The van der Waals surface area contributed by atoms with E-state index in [1.165, 1.54) is 6.21 Å². The van der Waals surface area contributed by atoms with Gasteiger partial charge in [0.25, 0.3) is 0 Å². The lowest BCUT2D eigenvalue weighted by Gasteiger charge is -2.07. The Kier molecular flexibility index (Phi) is 4.57. The summed E-state index contributed by atoms with van der Waals surface area (Å²) in [4.78, 5) is 10.4.